The van der Waals surface area contributed by atoms with Gasteiger partial charge in [-0.3, -0.25) is 14.4 Å². The molecule has 4 atom stereocenters. The smallest absolute Gasteiger partial charge is 0.419 e. The van der Waals surface area contributed by atoms with E-state index in [1.807, 2.05) is 24.3 Å². The molecule has 0 spiro atoms. The van der Waals surface area contributed by atoms with Crippen LogP contribution in [0.25, 0.3) is 0 Å². The lowest BCUT2D eigenvalue weighted by atomic mass is 10.0. The number of aliphatic hydroxyl groups excluding tert-OH is 1. The maximum Gasteiger partial charge on any atom is 0.419 e. The van der Waals surface area contributed by atoms with Crippen LogP contribution in [0.2, 0.25) is 0 Å². The second-order valence-electron chi connectivity index (χ2n) is 14.3. The summed E-state index contributed by atoms with van der Waals surface area (Å²) < 4.78 is 17.3. The topological polar surface area (TPSA) is 216 Å². The fourth-order valence-corrected chi connectivity index (χ4v) is 5.54. The first-order chi connectivity index (χ1) is 27.7. The van der Waals surface area contributed by atoms with Crippen LogP contribution in [0.15, 0.2) is 104 Å². The lowest BCUT2D eigenvalue weighted by Crippen LogP contribution is -2.56. The van der Waals surface area contributed by atoms with Gasteiger partial charge in [0.15, 0.2) is 12.1 Å². The minimum absolute atomic E-state index is 0.0203. The third-order valence-corrected chi connectivity index (χ3v) is 8.37. The van der Waals surface area contributed by atoms with Crippen LogP contribution in [0.4, 0.5) is 9.59 Å². The summed E-state index contributed by atoms with van der Waals surface area (Å²) in [5.41, 5.74) is 1.33. The molecule has 0 aliphatic rings. The van der Waals surface area contributed by atoms with E-state index in [-0.39, 0.29) is 31.7 Å². The van der Waals surface area contributed by atoms with Crippen molar-refractivity contribution >= 4 is 35.9 Å². The number of imidazole rings is 1. The highest BCUT2D eigenvalue weighted by Crippen LogP contribution is 2.16. The zero-order valence-corrected chi connectivity index (χ0v) is 32.9. The first-order valence-corrected chi connectivity index (χ1v) is 18.8. The van der Waals surface area contributed by atoms with Gasteiger partial charge in [0, 0.05) is 12.6 Å². The van der Waals surface area contributed by atoms with E-state index in [0.717, 1.165) is 15.7 Å². The van der Waals surface area contributed by atoms with Crippen molar-refractivity contribution in [2.45, 2.75) is 90.0 Å². The molecular weight excluding hydrogens is 748 g/mol. The first-order valence-electron chi connectivity index (χ1n) is 18.8. The zero-order chi connectivity index (χ0) is 42.1. The largest absolute Gasteiger partial charge is 0.459 e. The number of benzene rings is 3. The number of aromatic nitrogens is 2. The van der Waals surface area contributed by atoms with Crippen molar-refractivity contribution in [3.63, 3.8) is 0 Å². The number of rotatable bonds is 18. The monoisotopic (exact) mass is 798 g/mol. The normalized spacial score (nSPS) is 13.1. The summed E-state index contributed by atoms with van der Waals surface area (Å²) in [6, 6.07) is 22.9. The molecular formula is C42H50N6O10. The molecule has 1 heterocycles. The second kappa shape index (κ2) is 21.7. The Morgan fingerprint density at radius 2 is 1.36 bits per heavy atom. The van der Waals surface area contributed by atoms with Gasteiger partial charge < -0.3 is 40.6 Å². The minimum Gasteiger partial charge on any atom is -0.459 e. The molecule has 2 unspecified atom stereocenters. The second-order valence-corrected chi connectivity index (χ2v) is 14.3. The number of hydrogen-bond acceptors (Lipinski definition) is 11. The van der Waals surface area contributed by atoms with Crippen LogP contribution in [0.3, 0.4) is 0 Å². The van der Waals surface area contributed by atoms with Crippen LogP contribution >= 0.6 is 0 Å². The molecule has 0 saturated carbocycles. The summed E-state index contributed by atoms with van der Waals surface area (Å²) >= 11 is 0. The molecule has 4 amide bonds. The third kappa shape index (κ3) is 14.5. The van der Waals surface area contributed by atoms with Crippen LogP contribution in [-0.4, -0.2) is 80.9 Å². The van der Waals surface area contributed by atoms with Crippen molar-refractivity contribution in [2.75, 3.05) is 6.54 Å². The fourth-order valence-electron chi connectivity index (χ4n) is 5.54. The van der Waals surface area contributed by atoms with Crippen LogP contribution < -0.4 is 21.3 Å². The summed E-state index contributed by atoms with van der Waals surface area (Å²) in [5.74, 6) is -3.21. The Bertz CT molecular complexity index is 1970. The van der Waals surface area contributed by atoms with E-state index in [0.29, 0.717) is 12.0 Å². The molecule has 0 aliphatic carbocycles. The van der Waals surface area contributed by atoms with Crippen LogP contribution in [-0.2, 0) is 53.0 Å². The van der Waals surface area contributed by atoms with Gasteiger partial charge in [-0.2, -0.15) is 0 Å². The van der Waals surface area contributed by atoms with Gasteiger partial charge in [0.05, 0.1) is 18.3 Å². The number of ether oxygens (including phenoxy) is 3. The highest BCUT2D eigenvalue weighted by atomic mass is 16.6. The summed E-state index contributed by atoms with van der Waals surface area (Å²) in [6.07, 6.45) is -0.523. The number of nitrogens with one attached hydrogen (secondary N) is 4. The number of nitrogens with zero attached hydrogens (tertiary/aromatic N) is 2. The average molecular weight is 799 g/mol. The minimum atomic E-state index is -1.82. The predicted octanol–water partition coefficient (Wildman–Crippen LogP) is 3.87. The van der Waals surface area contributed by atoms with Gasteiger partial charge in [0.1, 0.15) is 31.2 Å². The molecule has 4 rings (SSSR count). The predicted molar refractivity (Wildman–Crippen MR) is 211 cm³/mol. The number of aliphatic hydroxyl groups is 1. The maximum absolute atomic E-state index is 13.7. The van der Waals surface area contributed by atoms with E-state index in [2.05, 4.69) is 26.3 Å². The van der Waals surface area contributed by atoms with Crippen molar-refractivity contribution in [3.05, 3.63) is 126 Å². The number of carbonyl (C=O) groups excluding carboxylic acids is 6. The molecule has 1 aromatic heterocycles. The van der Waals surface area contributed by atoms with Gasteiger partial charge in [-0.15, -0.1) is 0 Å². The molecule has 0 radical (unpaired) electrons. The van der Waals surface area contributed by atoms with Gasteiger partial charge in [-0.25, -0.2) is 23.9 Å². The number of carbonyl (C=O) groups is 6. The summed E-state index contributed by atoms with van der Waals surface area (Å²) in [4.78, 5) is 82.8. The van der Waals surface area contributed by atoms with Crippen molar-refractivity contribution in [1.82, 2.24) is 30.8 Å². The molecule has 3 aromatic carbocycles. The lowest BCUT2D eigenvalue weighted by Gasteiger charge is -2.27. The fraction of sp³-hybridized carbons (Fsp3) is 0.357. The van der Waals surface area contributed by atoms with E-state index in [4.69, 9.17) is 14.2 Å². The molecule has 16 heteroatoms. The maximum atomic E-state index is 13.7. The van der Waals surface area contributed by atoms with E-state index < -0.39 is 72.3 Å². The van der Waals surface area contributed by atoms with Gasteiger partial charge in [0.2, 0.25) is 11.8 Å². The van der Waals surface area contributed by atoms with E-state index >= 15 is 0 Å². The van der Waals surface area contributed by atoms with Crippen molar-refractivity contribution in [3.8, 4) is 0 Å². The van der Waals surface area contributed by atoms with E-state index in [1.54, 1.807) is 94.4 Å². The Kier molecular flexibility index (Phi) is 16.5. The Balaban J connectivity index is 1.39. The molecule has 0 fully saturated rings. The third-order valence-electron chi connectivity index (χ3n) is 8.37. The van der Waals surface area contributed by atoms with Gasteiger partial charge in [-0.05, 0) is 43.9 Å². The number of amides is 4. The van der Waals surface area contributed by atoms with Crippen molar-refractivity contribution in [2.24, 2.45) is 0 Å². The highest BCUT2D eigenvalue weighted by molar-refractivity contribution is 5.91. The van der Waals surface area contributed by atoms with Gasteiger partial charge >= 0.3 is 18.2 Å². The van der Waals surface area contributed by atoms with Gasteiger partial charge in [-0.1, -0.05) is 104 Å². The SMILES string of the molecule is CCCC(NC(=O)[C@H](Cc1cn(C(=O)OCc2ccccc2)cn1)NC(=O)OC(C)(C)C)C(O)C(=O)NCC(=O)N[C@H](C(=O)OCc1ccccc1)c1ccccc1. The van der Waals surface area contributed by atoms with Crippen molar-refractivity contribution < 1.29 is 48.1 Å². The standard InChI is InChI=1S/C42H50N6O10/c1-5-15-32(36(50)38(52)43-23-34(49)47-35(30-20-13-8-14-21-30)39(53)56-25-28-16-9-6-10-17-28)45-37(51)33(46-40(54)58-42(2,3)4)22-31-24-48(27-44-31)41(55)57-26-29-18-11-7-12-19-29/h6-14,16-21,24,27,32-33,35-36,50H,5,15,22-23,25-26H2,1-4H3,(H,43,52)(H,45,51)(H,46,54)(H,47,49)/t32?,33-,35-,36?/m0/s1. The molecule has 0 aliphatic heterocycles. The first kappa shape index (κ1) is 44.2. The molecule has 0 bridgehead atoms. The number of alkyl carbamates (subject to hydrolysis) is 1. The molecule has 58 heavy (non-hydrogen) atoms. The lowest BCUT2D eigenvalue weighted by molar-refractivity contribution is -0.149. The molecule has 0 saturated heterocycles. The molecule has 308 valence electrons. The molecule has 4 aromatic rings. The van der Waals surface area contributed by atoms with Gasteiger partial charge in [0.25, 0.3) is 5.91 Å². The van der Waals surface area contributed by atoms with Crippen LogP contribution in [0.1, 0.15) is 69.0 Å². The quantitative estimate of drug-likeness (QED) is 0.0720. The summed E-state index contributed by atoms with van der Waals surface area (Å²) in [7, 11) is 0. The Labute approximate surface area is 336 Å². The van der Waals surface area contributed by atoms with Crippen LogP contribution in [0.5, 0.6) is 0 Å². The van der Waals surface area contributed by atoms with E-state index in [9.17, 15) is 33.9 Å². The molecule has 16 nitrogen and oxygen atoms in total. The number of hydrogen-bond donors (Lipinski definition) is 5. The van der Waals surface area contributed by atoms with E-state index in [1.165, 1.54) is 12.5 Å². The Morgan fingerprint density at radius 1 is 0.776 bits per heavy atom. The zero-order valence-electron chi connectivity index (χ0n) is 32.9. The number of esters is 1. The van der Waals surface area contributed by atoms with Crippen LogP contribution in [0, 0.1) is 0 Å². The molecule has 5 N–H and O–H groups in total. The van der Waals surface area contributed by atoms with Crippen molar-refractivity contribution in [1.29, 1.82) is 0 Å². The summed E-state index contributed by atoms with van der Waals surface area (Å²) in [5, 5.41) is 21.2. The Morgan fingerprint density at radius 3 is 1.95 bits per heavy atom. The summed E-state index contributed by atoms with van der Waals surface area (Å²) in [6.45, 7) is 6.11. The average Bonchev–Trinajstić information content (AvgIpc) is 3.68. The highest BCUT2D eigenvalue weighted by Gasteiger charge is 2.32. The Hall–Kier alpha value is -6.55.